The standard InChI is InChI=1S/C14H17NO3/c1-18-8-9-5-11-7-10-3-2-4-12(10)14(15(16)17)13(11)6-9/h7,9H,2-6,8H2,1H3. The van der Waals surface area contributed by atoms with E-state index in [4.69, 9.17) is 4.74 Å². The van der Waals surface area contributed by atoms with E-state index in [1.807, 2.05) is 0 Å². The molecule has 18 heavy (non-hydrogen) atoms. The van der Waals surface area contributed by atoms with Gasteiger partial charge in [0, 0.05) is 24.8 Å². The fraction of sp³-hybridized carbons (Fsp3) is 0.571. The van der Waals surface area contributed by atoms with Crippen LogP contribution < -0.4 is 0 Å². The summed E-state index contributed by atoms with van der Waals surface area (Å²) in [4.78, 5) is 11.2. The molecule has 3 rings (SSSR count). The zero-order chi connectivity index (χ0) is 12.7. The molecule has 96 valence electrons. The van der Waals surface area contributed by atoms with Crippen LogP contribution in [-0.4, -0.2) is 18.6 Å². The quantitative estimate of drug-likeness (QED) is 0.609. The molecule has 0 saturated carbocycles. The number of aryl methyl sites for hydroxylation is 1. The Morgan fingerprint density at radius 3 is 2.89 bits per heavy atom. The predicted molar refractivity (Wildman–Crippen MR) is 67.9 cm³/mol. The van der Waals surface area contributed by atoms with E-state index in [1.54, 1.807) is 7.11 Å². The van der Waals surface area contributed by atoms with Gasteiger partial charge in [0.05, 0.1) is 4.92 Å². The number of hydrogen-bond donors (Lipinski definition) is 0. The van der Waals surface area contributed by atoms with Gasteiger partial charge in [-0.1, -0.05) is 6.07 Å². The van der Waals surface area contributed by atoms with Crippen LogP contribution in [0.2, 0.25) is 0 Å². The van der Waals surface area contributed by atoms with Crippen molar-refractivity contribution in [2.24, 2.45) is 5.92 Å². The highest BCUT2D eigenvalue weighted by Gasteiger charge is 2.34. The second-order valence-corrected chi connectivity index (χ2v) is 5.34. The van der Waals surface area contributed by atoms with Crippen molar-refractivity contribution in [3.05, 3.63) is 38.4 Å². The highest BCUT2D eigenvalue weighted by Crippen LogP contribution is 2.41. The van der Waals surface area contributed by atoms with Crippen LogP contribution in [0.25, 0.3) is 0 Å². The molecular weight excluding hydrogens is 230 g/mol. The summed E-state index contributed by atoms with van der Waals surface area (Å²) in [7, 11) is 1.69. The Kier molecular flexibility index (Phi) is 2.82. The molecule has 4 nitrogen and oxygen atoms in total. The minimum absolute atomic E-state index is 0.168. The van der Waals surface area contributed by atoms with Gasteiger partial charge in [0.2, 0.25) is 0 Å². The zero-order valence-corrected chi connectivity index (χ0v) is 10.6. The highest BCUT2D eigenvalue weighted by atomic mass is 16.6. The maximum atomic E-state index is 11.4. The van der Waals surface area contributed by atoms with Crippen LogP contribution in [0.4, 0.5) is 5.69 Å². The van der Waals surface area contributed by atoms with Crippen LogP contribution in [-0.2, 0) is 30.4 Å². The van der Waals surface area contributed by atoms with Crippen LogP contribution in [0.3, 0.4) is 0 Å². The molecule has 0 saturated heterocycles. The minimum Gasteiger partial charge on any atom is -0.384 e. The Morgan fingerprint density at radius 2 is 2.17 bits per heavy atom. The van der Waals surface area contributed by atoms with Crippen molar-refractivity contribution < 1.29 is 9.66 Å². The minimum atomic E-state index is -0.168. The first-order valence-electron chi connectivity index (χ1n) is 6.50. The van der Waals surface area contributed by atoms with E-state index < -0.39 is 0 Å². The molecule has 1 aromatic rings. The normalized spacial score (nSPS) is 20.8. The van der Waals surface area contributed by atoms with Crippen LogP contribution in [0.1, 0.15) is 28.7 Å². The Labute approximate surface area is 106 Å². The summed E-state index contributed by atoms with van der Waals surface area (Å²) in [6.45, 7) is 0.691. The number of benzene rings is 1. The first kappa shape index (κ1) is 11.7. The molecular formula is C14H17NO3. The largest absolute Gasteiger partial charge is 0.384 e. The number of ether oxygens (including phenoxy) is 1. The smallest absolute Gasteiger partial charge is 0.276 e. The lowest BCUT2D eigenvalue weighted by Gasteiger charge is -2.07. The lowest BCUT2D eigenvalue weighted by molar-refractivity contribution is -0.386. The molecule has 0 N–H and O–H groups in total. The average molecular weight is 247 g/mol. The summed E-state index contributed by atoms with van der Waals surface area (Å²) in [5.41, 5.74) is 4.78. The van der Waals surface area contributed by atoms with E-state index in [0.29, 0.717) is 18.2 Å². The van der Waals surface area contributed by atoms with Crippen molar-refractivity contribution in [1.82, 2.24) is 0 Å². The molecule has 0 spiro atoms. The van der Waals surface area contributed by atoms with Crippen molar-refractivity contribution in [3.63, 3.8) is 0 Å². The lowest BCUT2D eigenvalue weighted by Crippen LogP contribution is -2.07. The third kappa shape index (κ3) is 1.72. The van der Waals surface area contributed by atoms with E-state index >= 15 is 0 Å². The van der Waals surface area contributed by atoms with Gasteiger partial charge in [-0.2, -0.15) is 0 Å². The first-order valence-corrected chi connectivity index (χ1v) is 6.50. The molecule has 1 atom stereocenters. The molecule has 0 amide bonds. The third-order valence-corrected chi connectivity index (χ3v) is 4.15. The fourth-order valence-corrected chi connectivity index (χ4v) is 3.48. The Hall–Kier alpha value is -1.42. The molecule has 2 aliphatic carbocycles. The fourth-order valence-electron chi connectivity index (χ4n) is 3.48. The molecule has 1 aromatic carbocycles. The van der Waals surface area contributed by atoms with E-state index in [-0.39, 0.29) is 4.92 Å². The molecule has 2 aliphatic rings. The van der Waals surface area contributed by atoms with E-state index in [1.165, 1.54) is 11.1 Å². The molecule has 0 bridgehead atoms. The highest BCUT2D eigenvalue weighted by molar-refractivity contribution is 5.59. The van der Waals surface area contributed by atoms with Crippen LogP contribution in [0.15, 0.2) is 6.07 Å². The Bertz CT molecular complexity index is 510. The van der Waals surface area contributed by atoms with Gasteiger partial charge >= 0.3 is 0 Å². The van der Waals surface area contributed by atoms with Crippen LogP contribution >= 0.6 is 0 Å². The van der Waals surface area contributed by atoms with Crippen LogP contribution in [0, 0.1) is 16.0 Å². The van der Waals surface area contributed by atoms with Gasteiger partial charge in [-0.25, -0.2) is 0 Å². The molecule has 0 aliphatic heterocycles. The summed E-state index contributed by atoms with van der Waals surface area (Å²) >= 11 is 0. The first-order chi connectivity index (χ1) is 8.70. The number of fused-ring (bicyclic) bond motifs is 2. The number of hydrogen-bond acceptors (Lipinski definition) is 3. The van der Waals surface area contributed by atoms with Crippen molar-refractivity contribution in [2.45, 2.75) is 32.1 Å². The number of nitrogens with zero attached hydrogens (tertiary/aromatic N) is 1. The predicted octanol–water partition coefficient (Wildman–Crippen LogP) is 2.44. The summed E-state index contributed by atoms with van der Waals surface area (Å²) in [6.07, 6.45) is 4.65. The third-order valence-electron chi connectivity index (χ3n) is 4.15. The van der Waals surface area contributed by atoms with Gasteiger partial charge in [-0.15, -0.1) is 0 Å². The van der Waals surface area contributed by atoms with Gasteiger partial charge in [-0.3, -0.25) is 10.1 Å². The monoisotopic (exact) mass is 247 g/mol. The molecule has 0 fully saturated rings. The number of nitro groups is 1. The Morgan fingerprint density at radius 1 is 1.33 bits per heavy atom. The number of nitro benzene ring substituents is 1. The Balaban J connectivity index is 2.06. The van der Waals surface area contributed by atoms with E-state index in [0.717, 1.165) is 43.2 Å². The second kappa shape index (κ2) is 4.35. The van der Waals surface area contributed by atoms with E-state index in [9.17, 15) is 10.1 Å². The summed E-state index contributed by atoms with van der Waals surface area (Å²) in [6, 6.07) is 2.21. The zero-order valence-electron chi connectivity index (χ0n) is 10.6. The second-order valence-electron chi connectivity index (χ2n) is 5.34. The molecule has 0 heterocycles. The maximum absolute atomic E-state index is 11.4. The van der Waals surface area contributed by atoms with Gasteiger partial charge in [0.25, 0.3) is 5.69 Å². The SMILES string of the molecule is COCC1Cc2cc3c(c([N+](=O)[O-])c2C1)CCC3. The van der Waals surface area contributed by atoms with Crippen molar-refractivity contribution in [1.29, 1.82) is 0 Å². The number of rotatable bonds is 3. The summed E-state index contributed by atoms with van der Waals surface area (Å²) in [5.74, 6) is 0.409. The van der Waals surface area contributed by atoms with Crippen LogP contribution in [0.5, 0.6) is 0 Å². The number of methoxy groups -OCH3 is 1. The van der Waals surface area contributed by atoms with Gasteiger partial charge < -0.3 is 4.74 Å². The summed E-state index contributed by atoms with van der Waals surface area (Å²) in [5, 5.41) is 11.4. The van der Waals surface area contributed by atoms with Crippen molar-refractivity contribution in [3.8, 4) is 0 Å². The van der Waals surface area contributed by atoms with Gasteiger partial charge in [0.1, 0.15) is 0 Å². The lowest BCUT2D eigenvalue weighted by atomic mass is 9.99. The van der Waals surface area contributed by atoms with Crippen molar-refractivity contribution in [2.75, 3.05) is 13.7 Å². The van der Waals surface area contributed by atoms with E-state index in [2.05, 4.69) is 6.07 Å². The molecule has 1 unspecified atom stereocenters. The topological polar surface area (TPSA) is 52.4 Å². The molecule has 0 aromatic heterocycles. The van der Waals surface area contributed by atoms with Crippen molar-refractivity contribution >= 4 is 5.69 Å². The van der Waals surface area contributed by atoms with Gasteiger partial charge in [0.15, 0.2) is 0 Å². The summed E-state index contributed by atoms with van der Waals surface area (Å²) < 4.78 is 5.19. The molecule has 0 radical (unpaired) electrons. The van der Waals surface area contributed by atoms with Gasteiger partial charge in [-0.05, 0) is 49.1 Å². The average Bonchev–Trinajstić information content (AvgIpc) is 2.90. The maximum Gasteiger partial charge on any atom is 0.276 e. The molecule has 4 heteroatoms.